The molecule has 1 amide bonds. The number of hydrogen-bond donors (Lipinski definition) is 1. The van der Waals surface area contributed by atoms with Crippen LogP contribution in [0.4, 0.5) is 0 Å². The molecule has 0 spiro atoms. The van der Waals surface area contributed by atoms with Crippen LogP contribution in [-0.4, -0.2) is 53.3 Å². The summed E-state index contributed by atoms with van der Waals surface area (Å²) in [6, 6.07) is 7.79. The van der Waals surface area contributed by atoms with Crippen molar-refractivity contribution in [2.45, 2.75) is 19.9 Å². The van der Waals surface area contributed by atoms with Gasteiger partial charge < -0.3 is 19.3 Å². The number of benzene rings is 1. The molecule has 6 nitrogen and oxygen atoms in total. The number of aromatic nitrogens is 1. The Morgan fingerprint density at radius 2 is 2.08 bits per heavy atom. The van der Waals surface area contributed by atoms with Gasteiger partial charge in [0.25, 0.3) is 5.91 Å². The fourth-order valence-electron chi connectivity index (χ4n) is 3.53. The summed E-state index contributed by atoms with van der Waals surface area (Å²) < 4.78 is 7.13. The molecule has 1 aromatic heterocycles. The van der Waals surface area contributed by atoms with Crippen molar-refractivity contribution in [1.29, 1.82) is 0 Å². The van der Waals surface area contributed by atoms with E-state index in [0.717, 1.165) is 17.4 Å². The molecule has 3 rings (SSSR count). The average Bonchev–Trinajstić information content (AvgIpc) is 3.17. The predicted octanol–water partition coefficient (Wildman–Crippen LogP) is 2.22. The number of carbonyl (C=O) groups excluding carboxylic acids is 1. The van der Waals surface area contributed by atoms with Crippen molar-refractivity contribution in [2.24, 2.45) is 5.41 Å². The van der Waals surface area contributed by atoms with Crippen molar-refractivity contribution in [3.05, 3.63) is 36.0 Å². The molecule has 6 heteroatoms. The number of fused-ring (bicyclic) bond motifs is 1. The van der Waals surface area contributed by atoms with E-state index in [2.05, 4.69) is 0 Å². The number of para-hydroxylation sites is 1. The predicted molar refractivity (Wildman–Crippen MR) is 90.1 cm³/mol. The third kappa shape index (κ3) is 2.57. The van der Waals surface area contributed by atoms with Gasteiger partial charge in [0.1, 0.15) is 5.41 Å². The zero-order valence-electron chi connectivity index (χ0n) is 14.0. The summed E-state index contributed by atoms with van der Waals surface area (Å²) in [5.41, 5.74) is 0.642. The van der Waals surface area contributed by atoms with Crippen molar-refractivity contribution >= 4 is 22.8 Å². The van der Waals surface area contributed by atoms with Gasteiger partial charge in [0.05, 0.1) is 12.2 Å². The van der Waals surface area contributed by atoms with Crippen molar-refractivity contribution in [3.8, 4) is 0 Å². The van der Waals surface area contributed by atoms with Gasteiger partial charge in [-0.25, -0.2) is 0 Å². The standard InChI is InChI=1S/C18H22N2O4/c1-3-19-10-14(13-6-4-5-7-15(13)19)16(21)20-9-8-18(11-20,12-24-2)17(22)23/h4-7,10H,3,8-9,11-12H2,1-2H3,(H,22,23). The highest BCUT2D eigenvalue weighted by Gasteiger charge is 2.46. The first-order chi connectivity index (χ1) is 11.5. The van der Waals surface area contributed by atoms with Crippen molar-refractivity contribution in [2.75, 3.05) is 26.8 Å². The number of ether oxygens (including phenoxy) is 1. The molecule has 0 bridgehead atoms. The maximum absolute atomic E-state index is 13.0. The third-order valence-electron chi connectivity index (χ3n) is 4.88. The Morgan fingerprint density at radius 3 is 2.75 bits per heavy atom. The van der Waals surface area contributed by atoms with Crippen molar-refractivity contribution in [3.63, 3.8) is 0 Å². The zero-order chi connectivity index (χ0) is 17.3. The molecule has 1 fully saturated rings. The monoisotopic (exact) mass is 330 g/mol. The average molecular weight is 330 g/mol. The van der Waals surface area contributed by atoms with E-state index < -0.39 is 11.4 Å². The van der Waals surface area contributed by atoms with E-state index >= 15 is 0 Å². The highest BCUT2D eigenvalue weighted by Crippen LogP contribution is 2.33. The van der Waals surface area contributed by atoms with Crippen LogP contribution in [0.2, 0.25) is 0 Å². The second kappa shape index (κ2) is 6.28. The highest BCUT2D eigenvalue weighted by atomic mass is 16.5. The minimum Gasteiger partial charge on any atom is -0.481 e. The molecule has 24 heavy (non-hydrogen) atoms. The highest BCUT2D eigenvalue weighted by molar-refractivity contribution is 6.07. The van der Waals surface area contributed by atoms with Gasteiger partial charge in [0, 0.05) is 43.8 Å². The van der Waals surface area contributed by atoms with Gasteiger partial charge in [-0.05, 0) is 19.4 Å². The Kier molecular flexibility index (Phi) is 4.32. The summed E-state index contributed by atoms with van der Waals surface area (Å²) in [4.78, 5) is 26.3. The smallest absolute Gasteiger partial charge is 0.313 e. The largest absolute Gasteiger partial charge is 0.481 e. The second-order valence-corrected chi connectivity index (χ2v) is 6.34. The van der Waals surface area contributed by atoms with Crippen molar-refractivity contribution < 1.29 is 19.4 Å². The van der Waals surface area contributed by atoms with Gasteiger partial charge in [-0.1, -0.05) is 18.2 Å². The molecule has 1 aromatic carbocycles. The van der Waals surface area contributed by atoms with Gasteiger partial charge in [-0.3, -0.25) is 9.59 Å². The fraction of sp³-hybridized carbons (Fsp3) is 0.444. The number of carbonyl (C=O) groups is 2. The van der Waals surface area contributed by atoms with Crippen LogP contribution in [0.15, 0.2) is 30.5 Å². The number of methoxy groups -OCH3 is 1. The van der Waals surface area contributed by atoms with Gasteiger partial charge >= 0.3 is 5.97 Å². The first kappa shape index (κ1) is 16.5. The van der Waals surface area contributed by atoms with E-state index in [1.54, 1.807) is 4.90 Å². The maximum Gasteiger partial charge on any atom is 0.313 e. The van der Waals surface area contributed by atoms with Crippen LogP contribution in [-0.2, 0) is 16.1 Å². The number of nitrogens with zero attached hydrogens (tertiary/aromatic N) is 2. The lowest BCUT2D eigenvalue weighted by Crippen LogP contribution is -2.40. The second-order valence-electron chi connectivity index (χ2n) is 6.34. The van der Waals surface area contributed by atoms with E-state index in [-0.39, 0.29) is 19.1 Å². The number of carboxylic acid groups (broad SMARTS) is 1. The number of hydrogen-bond acceptors (Lipinski definition) is 3. The molecule has 128 valence electrons. The van der Waals surface area contributed by atoms with E-state index in [1.165, 1.54) is 7.11 Å². The quantitative estimate of drug-likeness (QED) is 0.912. The molecular formula is C18H22N2O4. The van der Waals surface area contributed by atoms with Crippen LogP contribution in [0.1, 0.15) is 23.7 Å². The summed E-state index contributed by atoms with van der Waals surface area (Å²) in [6.07, 6.45) is 2.28. The molecule has 0 saturated carbocycles. The normalized spacial score (nSPS) is 20.7. The van der Waals surface area contributed by atoms with Gasteiger partial charge in [-0.2, -0.15) is 0 Å². The van der Waals surface area contributed by atoms with Crippen LogP contribution < -0.4 is 0 Å². The summed E-state index contributed by atoms with van der Waals surface area (Å²) in [5, 5.41) is 10.5. The molecule has 2 heterocycles. The van der Waals surface area contributed by atoms with Crippen molar-refractivity contribution in [1.82, 2.24) is 9.47 Å². The van der Waals surface area contributed by atoms with Crippen LogP contribution >= 0.6 is 0 Å². The molecule has 1 aliphatic rings. The molecule has 0 aliphatic carbocycles. The summed E-state index contributed by atoms with van der Waals surface area (Å²) in [6.45, 7) is 3.53. The maximum atomic E-state index is 13.0. The van der Waals surface area contributed by atoms with Crippen LogP contribution in [0.5, 0.6) is 0 Å². The topological polar surface area (TPSA) is 71.8 Å². The fourth-order valence-corrected chi connectivity index (χ4v) is 3.53. The van der Waals surface area contributed by atoms with E-state index in [0.29, 0.717) is 18.5 Å². The number of amides is 1. The Balaban J connectivity index is 1.92. The van der Waals surface area contributed by atoms with Gasteiger partial charge in [0.15, 0.2) is 0 Å². The van der Waals surface area contributed by atoms with E-state index in [1.807, 2.05) is 42.0 Å². The molecule has 2 aromatic rings. The number of aliphatic carboxylic acids is 1. The lowest BCUT2D eigenvalue weighted by molar-refractivity contribution is -0.151. The lowest BCUT2D eigenvalue weighted by Gasteiger charge is -2.23. The number of rotatable bonds is 5. The first-order valence-electron chi connectivity index (χ1n) is 8.12. The molecule has 1 N–H and O–H groups in total. The summed E-state index contributed by atoms with van der Waals surface area (Å²) in [7, 11) is 1.49. The van der Waals surface area contributed by atoms with E-state index in [4.69, 9.17) is 4.74 Å². The molecule has 1 atom stereocenters. The molecule has 1 unspecified atom stereocenters. The minimum atomic E-state index is -1.01. The zero-order valence-corrected chi connectivity index (χ0v) is 14.0. The Bertz CT molecular complexity index is 782. The number of likely N-dealkylation sites (tertiary alicyclic amines) is 1. The lowest BCUT2D eigenvalue weighted by atomic mass is 9.88. The molecule has 1 saturated heterocycles. The Morgan fingerprint density at radius 1 is 1.33 bits per heavy atom. The molecular weight excluding hydrogens is 308 g/mol. The van der Waals surface area contributed by atoms with Crippen LogP contribution in [0.3, 0.4) is 0 Å². The summed E-state index contributed by atoms with van der Waals surface area (Å²) >= 11 is 0. The SMILES string of the molecule is CCn1cc(C(=O)N2CCC(COC)(C(=O)O)C2)c2ccccc21. The third-order valence-corrected chi connectivity index (χ3v) is 4.88. The number of aryl methyl sites for hydroxylation is 1. The number of carboxylic acids is 1. The molecule has 1 aliphatic heterocycles. The minimum absolute atomic E-state index is 0.113. The molecule has 0 radical (unpaired) electrons. The first-order valence-corrected chi connectivity index (χ1v) is 8.12. The van der Waals surface area contributed by atoms with Crippen LogP contribution in [0, 0.1) is 5.41 Å². The summed E-state index contributed by atoms with van der Waals surface area (Å²) in [5.74, 6) is -1.02. The van der Waals surface area contributed by atoms with Crippen LogP contribution in [0.25, 0.3) is 10.9 Å². The van der Waals surface area contributed by atoms with E-state index in [9.17, 15) is 14.7 Å². The van der Waals surface area contributed by atoms with Gasteiger partial charge in [0.2, 0.25) is 0 Å². The van der Waals surface area contributed by atoms with Gasteiger partial charge in [-0.15, -0.1) is 0 Å². The Hall–Kier alpha value is -2.34. The Labute approximate surface area is 140 Å².